The van der Waals surface area contributed by atoms with Crippen molar-refractivity contribution in [1.29, 1.82) is 0 Å². The number of hydrogen-bond acceptors (Lipinski definition) is 2. The van der Waals surface area contributed by atoms with Gasteiger partial charge < -0.3 is 10.4 Å². The Morgan fingerprint density at radius 3 is 2.00 bits per heavy atom. The van der Waals surface area contributed by atoms with E-state index in [0.29, 0.717) is 17.9 Å². The first kappa shape index (κ1) is 17.7. The lowest BCUT2D eigenvalue weighted by atomic mass is 10.0. The maximum absolute atomic E-state index is 11.8. The van der Waals surface area contributed by atoms with Crippen molar-refractivity contribution in [3.05, 3.63) is 65.2 Å². The minimum atomic E-state index is -0.917. The summed E-state index contributed by atoms with van der Waals surface area (Å²) in [6.45, 7) is 4.20. The number of amides is 1. The van der Waals surface area contributed by atoms with E-state index in [0.717, 1.165) is 29.7 Å². The summed E-state index contributed by atoms with van der Waals surface area (Å²) in [5.74, 6) is -0.356. The van der Waals surface area contributed by atoms with Gasteiger partial charge in [-0.3, -0.25) is 4.79 Å². The van der Waals surface area contributed by atoms with Crippen LogP contribution in [0.25, 0.3) is 0 Å². The smallest absolute Gasteiger partial charge is 0.335 e. The number of anilines is 1. The van der Waals surface area contributed by atoms with Crippen LogP contribution in [0.4, 0.5) is 5.69 Å². The molecule has 0 atom stereocenters. The summed E-state index contributed by atoms with van der Waals surface area (Å²) in [5.41, 5.74) is 3.25. The van der Waals surface area contributed by atoms with Crippen LogP contribution in [-0.2, 0) is 11.2 Å². The molecule has 0 aromatic heterocycles. The van der Waals surface area contributed by atoms with E-state index in [4.69, 9.17) is 5.11 Å². The van der Waals surface area contributed by atoms with Gasteiger partial charge in [-0.25, -0.2) is 4.79 Å². The van der Waals surface area contributed by atoms with E-state index in [1.165, 1.54) is 0 Å². The van der Waals surface area contributed by atoms with E-state index >= 15 is 0 Å². The monoisotopic (exact) mass is 325 g/mol. The molecule has 0 fully saturated rings. The molecular formula is C20H23NO3. The summed E-state index contributed by atoms with van der Waals surface area (Å²) in [7, 11) is 0. The highest BCUT2D eigenvalue weighted by atomic mass is 16.4. The van der Waals surface area contributed by atoms with Gasteiger partial charge in [-0.05, 0) is 54.2 Å². The fraction of sp³-hybridized carbons (Fsp3) is 0.300. The van der Waals surface area contributed by atoms with Gasteiger partial charge in [0.25, 0.3) is 0 Å². The molecule has 126 valence electrons. The molecule has 4 nitrogen and oxygen atoms in total. The molecule has 24 heavy (non-hydrogen) atoms. The van der Waals surface area contributed by atoms with Gasteiger partial charge in [0, 0.05) is 12.1 Å². The van der Waals surface area contributed by atoms with Crippen LogP contribution in [-0.4, -0.2) is 17.0 Å². The van der Waals surface area contributed by atoms with Gasteiger partial charge >= 0.3 is 5.97 Å². The highest BCUT2D eigenvalue weighted by Gasteiger charge is 2.05. The number of aromatic carboxylic acids is 1. The van der Waals surface area contributed by atoms with Crippen molar-refractivity contribution >= 4 is 17.6 Å². The van der Waals surface area contributed by atoms with Crippen LogP contribution >= 0.6 is 0 Å². The van der Waals surface area contributed by atoms with Crippen molar-refractivity contribution in [2.24, 2.45) is 5.92 Å². The number of benzene rings is 2. The molecule has 0 radical (unpaired) electrons. The van der Waals surface area contributed by atoms with E-state index in [1.54, 1.807) is 12.1 Å². The Morgan fingerprint density at radius 2 is 1.50 bits per heavy atom. The summed E-state index contributed by atoms with van der Waals surface area (Å²) in [4.78, 5) is 22.7. The van der Waals surface area contributed by atoms with Crippen molar-refractivity contribution in [1.82, 2.24) is 0 Å². The van der Waals surface area contributed by atoms with Gasteiger partial charge in [0.05, 0.1) is 5.56 Å². The van der Waals surface area contributed by atoms with Crippen LogP contribution in [0.3, 0.4) is 0 Å². The Kier molecular flexibility index (Phi) is 6.13. The number of carboxylic acid groups (broad SMARTS) is 1. The molecule has 0 heterocycles. The number of rotatable bonds is 7. The van der Waals surface area contributed by atoms with Crippen molar-refractivity contribution in [3.63, 3.8) is 0 Å². The average molecular weight is 325 g/mol. The molecule has 0 aliphatic rings. The van der Waals surface area contributed by atoms with E-state index in [1.807, 2.05) is 36.4 Å². The summed E-state index contributed by atoms with van der Waals surface area (Å²) >= 11 is 0. The lowest BCUT2D eigenvalue weighted by Crippen LogP contribution is -2.12. The molecule has 2 aromatic rings. The lowest BCUT2D eigenvalue weighted by Gasteiger charge is -2.08. The van der Waals surface area contributed by atoms with Gasteiger partial charge in [-0.2, -0.15) is 0 Å². The minimum absolute atomic E-state index is 0.0423. The lowest BCUT2D eigenvalue weighted by molar-refractivity contribution is -0.116. The molecule has 0 unspecified atom stereocenters. The van der Waals surface area contributed by atoms with Crippen LogP contribution in [0.5, 0.6) is 0 Å². The zero-order valence-electron chi connectivity index (χ0n) is 14.1. The average Bonchev–Trinajstić information content (AvgIpc) is 2.55. The number of carbonyl (C=O) groups excluding carboxylic acids is 1. The first-order chi connectivity index (χ1) is 11.4. The SMILES string of the molecule is CC(C)CCC(=O)Nc1ccc(Cc2ccc(C(=O)O)cc2)cc1. The topological polar surface area (TPSA) is 66.4 Å². The van der Waals surface area contributed by atoms with Crippen molar-refractivity contribution in [2.45, 2.75) is 33.1 Å². The molecule has 0 aliphatic heterocycles. The summed E-state index contributed by atoms with van der Waals surface area (Å²) in [5, 5.41) is 11.8. The molecule has 1 amide bonds. The normalized spacial score (nSPS) is 10.6. The predicted molar refractivity (Wildman–Crippen MR) is 95.4 cm³/mol. The zero-order valence-corrected chi connectivity index (χ0v) is 14.1. The molecular weight excluding hydrogens is 302 g/mol. The Bertz CT molecular complexity index is 688. The van der Waals surface area contributed by atoms with Crippen LogP contribution in [0, 0.1) is 5.92 Å². The minimum Gasteiger partial charge on any atom is -0.478 e. The summed E-state index contributed by atoms with van der Waals surface area (Å²) in [6.07, 6.45) is 2.15. The largest absolute Gasteiger partial charge is 0.478 e. The molecule has 2 N–H and O–H groups in total. The van der Waals surface area contributed by atoms with E-state index in [9.17, 15) is 9.59 Å². The molecule has 0 bridgehead atoms. The van der Waals surface area contributed by atoms with Crippen molar-refractivity contribution in [3.8, 4) is 0 Å². The number of hydrogen-bond donors (Lipinski definition) is 2. The number of carboxylic acids is 1. The van der Waals surface area contributed by atoms with E-state index in [-0.39, 0.29) is 5.91 Å². The Balaban J connectivity index is 1.92. The van der Waals surface area contributed by atoms with Crippen molar-refractivity contribution < 1.29 is 14.7 Å². The van der Waals surface area contributed by atoms with Gasteiger partial charge in [0.15, 0.2) is 0 Å². The molecule has 0 saturated heterocycles. The standard InChI is InChI=1S/C20H23NO3/c1-14(2)3-12-19(22)21-18-10-6-16(7-11-18)13-15-4-8-17(9-5-15)20(23)24/h4-11,14H,3,12-13H2,1-2H3,(H,21,22)(H,23,24). The zero-order chi connectivity index (χ0) is 17.5. The third-order valence-corrected chi connectivity index (χ3v) is 3.80. The van der Waals surface area contributed by atoms with Crippen molar-refractivity contribution in [2.75, 3.05) is 5.32 Å². The first-order valence-electron chi connectivity index (χ1n) is 8.15. The van der Waals surface area contributed by atoms with Crippen LogP contribution in [0.2, 0.25) is 0 Å². The quantitative estimate of drug-likeness (QED) is 0.795. The molecule has 0 aliphatic carbocycles. The molecule has 0 saturated carbocycles. The summed E-state index contributed by atoms with van der Waals surface area (Å²) in [6, 6.07) is 14.6. The van der Waals surface area contributed by atoms with Gasteiger partial charge in [0.1, 0.15) is 0 Å². The Hall–Kier alpha value is -2.62. The fourth-order valence-corrected chi connectivity index (χ4v) is 2.35. The van der Waals surface area contributed by atoms with E-state index < -0.39 is 5.97 Å². The van der Waals surface area contributed by atoms with Crippen LogP contribution < -0.4 is 5.32 Å². The molecule has 2 rings (SSSR count). The van der Waals surface area contributed by atoms with Gasteiger partial charge in [0.2, 0.25) is 5.91 Å². The third kappa shape index (κ3) is 5.54. The van der Waals surface area contributed by atoms with Gasteiger partial charge in [-0.1, -0.05) is 38.1 Å². The van der Waals surface area contributed by atoms with Crippen LogP contribution in [0.1, 0.15) is 48.2 Å². The maximum Gasteiger partial charge on any atom is 0.335 e. The second-order valence-corrected chi connectivity index (χ2v) is 6.36. The fourth-order valence-electron chi connectivity index (χ4n) is 2.35. The number of carbonyl (C=O) groups is 2. The molecule has 0 spiro atoms. The molecule has 2 aromatic carbocycles. The predicted octanol–water partition coefficient (Wildman–Crippen LogP) is 4.35. The summed E-state index contributed by atoms with van der Waals surface area (Å²) < 4.78 is 0. The van der Waals surface area contributed by atoms with E-state index in [2.05, 4.69) is 19.2 Å². The second kappa shape index (κ2) is 8.29. The maximum atomic E-state index is 11.8. The first-order valence-corrected chi connectivity index (χ1v) is 8.15. The highest BCUT2D eigenvalue weighted by molar-refractivity contribution is 5.90. The van der Waals surface area contributed by atoms with Crippen LogP contribution in [0.15, 0.2) is 48.5 Å². The van der Waals surface area contributed by atoms with Gasteiger partial charge in [-0.15, -0.1) is 0 Å². The third-order valence-electron chi connectivity index (χ3n) is 3.80. The Morgan fingerprint density at radius 1 is 0.958 bits per heavy atom. The number of nitrogens with one attached hydrogen (secondary N) is 1. The highest BCUT2D eigenvalue weighted by Crippen LogP contribution is 2.15. The second-order valence-electron chi connectivity index (χ2n) is 6.36. The molecule has 4 heteroatoms. The Labute approximate surface area is 142 Å².